The molecule has 1 unspecified atom stereocenters. The molecule has 0 spiro atoms. The van der Waals surface area contributed by atoms with Crippen molar-refractivity contribution >= 4 is 23.4 Å². The summed E-state index contributed by atoms with van der Waals surface area (Å²) in [5.41, 5.74) is 6.69. The highest BCUT2D eigenvalue weighted by Gasteiger charge is 2.56. The van der Waals surface area contributed by atoms with E-state index >= 15 is 0 Å². The van der Waals surface area contributed by atoms with Crippen molar-refractivity contribution in [3.05, 3.63) is 208 Å². The van der Waals surface area contributed by atoms with E-state index < -0.39 is 23.2 Å². The van der Waals surface area contributed by atoms with Gasteiger partial charge in [0.1, 0.15) is 24.1 Å². The van der Waals surface area contributed by atoms with E-state index in [1.807, 2.05) is 152 Å². The van der Waals surface area contributed by atoms with Crippen LogP contribution in [-0.2, 0) is 56.7 Å². The Kier molecular flexibility index (Phi) is 13.9. The summed E-state index contributed by atoms with van der Waals surface area (Å²) in [6, 6.07) is 53.9. The summed E-state index contributed by atoms with van der Waals surface area (Å²) in [4.78, 5) is -1.59. The van der Waals surface area contributed by atoms with E-state index in [9.17, 15) is 5.11 Å². The number of ether oxygens (including phenoxy) is 5. The lowest BCUT2D eigenvalue weighted by Gasteiger charge is -2.50. The molecule has 0 amide bonds. The fraction of sp³-hybridized carbons (Fsp3) is 0.250. The molecular weight excluding hydrogens is 740 g/mol. The molecule has 0 radical (unpaired) electrons. The fourth-order valence-corrected chi connectivity index (χ4v) is 8.76. The molecule has 6 aromatic carbocycles. The lowest BCUT2D eigenvalue weighted by molar-refractivity contribution is -0.199. The fourth-order valence-electron chi connectivity index (χ4n) is 6.98. The van der Waals surface area contributed by atoms with Gasteiger partial charge in [-0.05, 0) is 63.6 Å². The summed E-state index contributed by atoms with van der Waals surface area (Å²) in [6.45, 7) is 1.61. The molecule has 1 saturated heterocycles. The highest BCUT2D eigenvalue weighted by Crippen LogP contribution is 2.51. The van der Waals surface area contributed by atoms with Crippen LogP contribution in [0.1, 0.15) is 38.9 Å². The van der Waals surface area contributed by atoms with Crippen LogP contribution in [0, 0.1) is 0 Å². The third-order valence-electron chi connectivity index (χ3n) is 9.95. The zero-order valence-electron chi connectivity index (χ0n) is 31.4. The van der Waals surface area contributed by atoms with E-state index in [4.69, 9.17) is 35.3 Å². The van der Waals surface area contributed by atoms with Crippen molar-refractivity contribution in [2.45, 2.75) is 61.3 Å². The Morgan fingerprint density at radius 3 is 1.61 bits per heavy atom. The number of hydrogen-bond donors (Lipinski definition) is 1. The van der Waals surface area contributed by atoms with Gasteiger partial charge in [0, 0.05) is 5.02 Å². The first-order valence-corrected chi connectivity index (χ1v) is 20.1. The number of rotatable bonds is 17. The van der Waals surface area contributed by atoms with Gasteiger partial charge in [0.15, 0.2) is 4.93 Å². The number of hydrogen-bond acceptors (Lipinski definition) is 7. The predicted octanol–water partition coefficient (Wildman–Crippen LogP) is 10.2. The number of benzene rings is 6. The summed E-state index contributed by atoms with van der Waals surface area (Å²) in [6.07, 6.45) is -1.53. The van der Waals surface area contributed by atoms with Crippen LogP contribution in [0.2, 0.25) is 5.02 Å². The van der Waals surface area contributed by atoms with E-state index in [1.54, 1.807) is 7.11 Å². The minimum atomic E-state index is -1.59. The first-order chi connectivity index (χ1) is 27.5. The molecule has 1 heterocycles. The second-order valence-electron chi connectivity index (χ2n) is 13.9. The van der Waals surface area contributed by atoms with Gasteiger partial charge in [0.25, 0.3) is 0 Å². The molecule has 1 N–H and O–H groups in total. The Hall–Kier alpha value is -4.44. The van der Waals surface area contributed by atoms with Gasteiger partial charge in [0.05, 0.1) is 45.4 Å². The van der Waals surface area contributed by atoms with Crippen molar-refractivity contribution in [1.82, 2.24) is 0 Å². The van der Waals surface area contributed by atoms with Crippen LogP contribution in [0.15, 0.2) is 164 Å². The molecule has 288 valence electrons. The van der Waals surface area contributed by atoms with Crippen LogP contribution in [0.25, 0.3) is 0 Å². The summed E-state index contributed by atoms with van der Waals surface area (Å²) in [5, 5.41) is 13.6. The van der Waals surface area contributed by atoms with Crippen molar-refractivity contribution in [2.24, 2.45) is 0 Å². The first kappa shape index (κ1) is 39.8. The summed E-state index contributed by atoms with van der Waals surface area (Å²) in [5.74, 6) is 0.783. The first-order valence-electron chi connectivity index (χ1n) is 18.9. The van der Waals surface area contributed by atoms with Gasteiger partial charge in [0.2, 0.25) is 0 Å². The van der Waals surface area contributed by atoms with Crippen LogP contribution >= 0.6 is 23.4 Å². The smallest absolute Gasteiger partial charge is 0.165 e. The highest BCUT2D eigenvalue weighted by molar-refractivity contribution is 8.00. The van der Waals surface area contributed by atoms with Crippen molar-refractivity contribution < 1.29 is 28.8 Å². The Morgan fingerprint density at radius 1 is 0.571 bits per heavy atom. The molecule has 0 aliphatic carbocycles. The Bertz CT molecular complexity index is 2070. The molecule has 5 atom stereocenters. The molecule has 0 bridgehead atoms. The zero-order chi connectivity index (χ0) is 38.6. The van der Waals surface area contributed by atoms with Crippen LogP contribution in [-0.4, -0.2) is 42.4 Å². The van der Waals surface area contributed by atoms with Crippen LogP contribution < -0.4 is 4.74 Å². The molecule has 0 aromatic heterocycles. The summed E-state index contributed by atoms with van der Waals surface area (Å²) in [7, 11) is 1.66. The number of thioether (sulfide) groups is 1. The Labute approximate surface area is 339 Å². The van der Waals surface area contributed by atoms with E-state index in [0.29, 0.717) is 43.4 Å². The lowest BCUT2D eigenvalue weighted by atomic mass is 9.91. The molecule has 8 heteroatoms. The van der Waals surface area contributed by atoms with Crippen LogP contribution in [0.4, 0.5) is 0 Å². The molecule has 6 nitrogen and oxygen atoms in total. The van der Waals surface area contributed by atoms with Gasteiger partial charge >= 0.3 is 0 Å². The summed E-state index contributed by atoms with van der Waals surface area (Å²) >= 11 is 8.28. The zero-order valence-corrected chi connectivity index (χ0v) is 33.0. The van der Waals surface area contributed by atoms with Gasteiger partial charge in [-0.1, -0.05) is 157 Å². The van der Waals surface area contributed by atoms with E-state index in [-0.39, 0.29) is 11.9 Å². The summed E-state index contributed by atoms with van der Waals surface area (Å²) < 4.78 is 32.6. The topological polar surface area (TPSA) is 66.4 Å². The van der Waals surface area contributed by atoms with Crippen molar-refractivity contribution in [3.63, 3.8) is 0 Å². The second kappa shape index (κ2) is 19.6. The van der Waals surface area contributed by atoms with Crippen molar-refractivity contribution in [2.75, 3.05) is 13.7 Å². The average Bonchev–Trinajstić information content (AvgIpc) is 3.24. The van der Waals surface area contributed by atoms with E-state index in [2.05, 4.69) is 12.1 Å². The molecule has 56 heavy (non-hydrogen) atoms. The van der Waals surface area contributed by atoms with Gasteiger partial charge < -0.3 is 28.8 Å². The third kappa shape index (κ3) is 10.3. The minimum absolute atomic E-state index is 0.256. The Morgan fingerprint density at radius 2 is 1.07 bits per heavy atom. The maximum Gasteiger partial charge on any atom is 0.165 e. The lowest BCUT2D eigenvalue weighted by Crippen LogP contribution is -2.61. The molecule has 1 aliphatic heterocycles. The van der Waals surface area contributed by atoms with Crippen LogP contribution in [0.3, 0.4) is 0 Å². The molecule has 1 fully saturated rings. The molecule has 7 rings (SSSR count). The van der Waals surface area contributed by atoms with Gasteiger partial charge in [-0.25, -0.2) is 0 Å². The van der Waals surface area contributed by atoms with Crippen molar-refractivity contribution in [1.29, 1.82) is 0 Å². The molecule has 1 aliphatic rings. The normalized spacial score (nSPS) is 20.8. The third-order valence-corrected chi connectivity index (χ3v) is 11.9. The maximum atomic E-state index is 13.4. The second-order valence-corrected chi connectivity index (χ2v) is 15.8. The molecule has 0 saturated carbocycles. The van der Waals surface area contributed by atoms with E-state index in [0.717, 1.165) is 39.1 Å². The maximum absolute atomic E-state index is 13.4. The van der Waals surface area contributed by atoms with Gasteiger partial charge in [-0.2, -0.15) is 0 Å². The monoisotopic (exact) mass is 786 g/mol. The number of methoxy groups -OCH3 is 1. The quantitative estimate of drug-likeness (QED) is 0.0988. The number of halogens is 1. The standard InChI is InChI=1S/C48H47ClO6S/c1-51-42-25-22-35(23-26-42)28-40-29-41(24-27-43(40)49)48(50)47(55-33-39-20-12-5-13-21-39)46(54-32-38-18-10-4-11-19-38)45(53-31-37-16-8-3-9-17-37)44(56-48)34-52-30-36-14-6-2-7-15-36/h2-27,29,44-47,50H,28,30-34H2,1H3/t44-,45-,46+,47-,48?/m1/s1. The predicted molar refractivity (Wildman–Crippen MR) is 224 cm³/mol. The largest absolute Gasteiger partial charge is 0.497 e. The van der Waals surface area contributed by atoms with Crippen LogP contribution in [0.5, 0.6) is 5.75 Å². The van der Waals surface area contributed by atoms with Crippen molar-refractivity contribution in [3.8, 4) is 5.75 Å². The molecule has 6 aromatic rings. The highest BCUT2D eigenvalue weighted by atomic mass is 35.5. The van der Waals surface area contributed by atoms with Gasteiger partial charge in [-0.15, -0.1) is 11.8 Å². The number of aliphatic hydroxyl groups is 1. The SMILES string of the molecule is COc1ccc(Cc2cc(C3(O)S[C@H](COCc4ccccc4)[C@@H](OCc4ccccc4)[C@H](OCc4ccccc4)[C@H]3OCc3ccccc3)ccc2Cl)cc1. The Balaban J connectivity index is 1.29. The van der Waals surface area contributed by atoms with Gasteiger partial charge in [-0.3, -0.25) is 0 Å². The molecular formula is C48H47ClO6S. The minimum Gasteiger partial charge on any atom is -0.497 e. The average molecular weight is 787 g/mol. The van der Waals surface area contributed by atoms with E-state index in [1.165, 1.54) is 11.8 Å².